The number of nitrogens with one attached hydrogen (secondary N) is 1. The summed E-state index contributed by atoms with van der Waals surface area (Å²) in [5.74, 6) is 0. The molecule has 0 aliphatic heterocycles. The highest BCUT2D eigenvalue weighted by Crippen LogP contribution is 2.18. The van der Waals surface area contributed by atoms with E-state index in [-0.39, 0.29) is 0 Å². The predicted molar refractivity (Wildman–Crippen MR) is 64.3 cm³/mol. The van der Waals surface area contributed by atoms with E-state index in [2.05, 4.69) is 27.9 Å². The first kappa shape index (κ1) is 9.73. The summed E-state index contributed by atoms with van der Waals surface area (Å²) < 4.78 is 1.12. The average molecular weight is 292 g/mol. The quantitative estimate of drug-likeness (QED) is 0.616. The summed E-state index contributed by atoms with van der Waals surface area (Å²) >= 11 is 6.98. The number of rotatable bonds is 1. The molecule has 3 N–H and O–H groups in total. The molecular weight excluding hydrogens is 283 g/mol. The number of aryl methyl sites for hydroxylation is 1. The zero-order chi connectivity index (χ0) is 9.14. The van der Waals surface area contributed by atoms with E-state index in [4.69, 9.17) is 18.0 Å². The first-order chi connectivity index (χ1) is 5.59. The molecule has 0 spiro atoms. The molecule has 12 heavy (non-hydrogen) atoms. The zero-order valence-corrected chi connectivity index (χ0v) is 9.57. The van der Waals surface area contributed by atoms with Gasteiger partial charge in [0.15, 0.2) is 5.11 Å². The number of anilines is 1. The maximum Gasteiger partial charge on any atom is 0.168 e. The molecule has 1 rings (SSSR count). The fraction of sp³-hybridized carbons (Fsp3) is 0.125. The lowest BCUT2D eigenvalue weighted by atomic mass is 10.2. The fourth-order valence-electron chi connectivity index (χ4n) is 0.868. The number of benzene rings is 1. The third kappa shape index (κ3) is 2.60. The van der Waals surface area contributed by atoms with Gasteiger partial charge >= 0.3 is 0 Å². The first-order valence-electron chi connectivity index (χ1n) is 3.42. The molecule has 4 heteroatoms. The van der Waals surface area contributed by atoms with Crippen molar-refractivity contribution in [2.24, 2.45) is 5.73 Å². The Morgan fingerprint density at radius 2 is 2.25 bits per heavy atom. The largest absolute Gasteiger partial charge is 0.376 e. The van der Waals surface area contributed by atoms with Gasteiger partial charge < -0.3 is 11.1 Å². The second kappa shape index (κ2) is 4.04. The predicted octanol–water partition coefficient (Wildman–Crippen LogP) is 2.26. The lowest BCUT2D eigenvalue weighted by molar-refractivity contribution is 1.44. The van der Waals surface area contributed by atoms with Crippen LogP contribution >= 0.6 is 34.8 Å². The van der Waals surface area contributed by atoms with Gasteiger partial charge in [0.1, 0.15) is 0 Å². The van der Waals surface area contributed by atoms with Crippen LogP contribution in [0.3, 0.4) is 0 Å². The number of hydrogen-bond acceptors (Lipinski definition) is 1. The lowest BCUT2D eigenvalue weighted by Crippen LogP contribution is -2.19. The van der Waals surface area contributed by atoms with Crippen molar-refractivity contribution < 1.29 is 0 Å². The number of hydrogen-bond donors (Lipinski definition) is 2. The molecule has 0 heterocycles. The molecule has 0 saturated carbocycles. The van der Waals surface area contributed by atoms with Crippen LogP contribution < -0.4 is 11.1 Å². The Morgan fingerprint density at radius 3 is 2.83 bits per heavy atom. The molecule has 0 unspecified atom stereocenters. The molecule has 64 valence electrons. The molecule has 0 amide bonds. The third-order valence-electron chi connectivity index (χ3n) is 1.38. The molecular formula is C8H9IN2S. The van der Waals surface area contributed by atoms with Gasteiger partial charge in [-0.15, -0.1) is 0 Å². The van der Waals surface area contributed by atoms with E-state index in [9.17, 15) is 0 Å². The average Bonchev–Trinajstić information content (AvgIpc) is 1.96. The molecule has 0 atom stereocenters. The van der Waals surface area contributed by atoms with E-state index in [0.717, 1.165) is 9.26 Å². The molecule has 0 radical (unpaired) electrons. The van der Waals surface area contributed by atoms with Crippen LogP contribution in [0.2, 0.25) is 0 Å². The van der Waals surface area contributed by atoms with Crippen molar-refractivity contribution in [2.45, 2.75) is 6.92 Å². The van der Waals surface area contributed by atoms with Gasteiger partial charge in [0.05, 0.1) is 5.69 Å². The number of halogens is 1. The van der Waals surface area contributed by atoms with Crippen molar-refractivity contribution in [3.8, 4) is 0 Å². The number of nitrogens with two attached hydrogens (primary N) is 1. The van der Waals surface area contributed by atoms with Crippen LogP contribution in [0, 0.1) is 10.5 Å². The van der Waals surface area contributed by atoms with Crippen LogP contribution in [0.5, 0.6) is 0 Å². The van der Waals surface area contributed by atoms with Crippen molar-refractivity contribution in [3.05, 3.63) is 27.3 Å². The Balaban J connectivity index is 2.97. The van der Waals surface area contributed by atoms with E-state index >= 15 is 0 Å². The van der Waals surface area contributed by atoms with Crippen molar-refractivity contribution in [3.63, 3.8) is 0 Å². The van der Waals surface area contributed by atoms with Gasteiger partial charge in [-0.25, -0.2) is 0 Å². The van der Waals surface area contributed by atoms with Gasteiger partial charge in [-0.05, 0) is 59.4 Å². The van der Waals surface area contributed by atoms with Crippen LogP contribution in [0.4, 0.5) is 5.69 Å². The summed E-state index contributed by atoms with van der Waals surface area (Å²) in [4.78, 5) is 0. The first-order valence-corrected chi connectivity index (χ1v) is 4.91. The maximum absolute atomic E-state index is 5.36. The van der Waals surface area contributed by atoms with E-state index in [1.165, 1.54) is 5.56 Å². The van der Waals surface area contributed by atoms with Crippen LogP contribution in [-0.4, -0.2) is 5.11 Å². The van der Waals surface area contributed by atoms with Crippen LogP contribution in [0.1, 0.15) is 5.56 Å². The van der Waals surface area contributed by atoms with Gasteiger partial charge in [-0.1, -0.05) is 6.07 Å². The van der Waals surface area contributed by atoms with Gasteiger partial charge in [0.25, 0.3) is 0 Å². The van der Waals surface area contributed by atoms with Crippen LogP contribution in [-0.2, 0) is 0 Å². The summed E-state index contributed by atoms with van der Waals surface area (Å²) in [6.45, 7) is 2.03. The smallest absolute Gasteiger partial charge is 0.168 e. The van der Waals surface area contributed by atoms with Gasteiger partial charge in [0.2, 0.25) is 0 Å². The molecule has 1 aromatic rings. The van der Waals surface area contributed by atoms with E-state index in [1.807, 2.05) is 25.1 Å². The van der Waals surface area contributed by atoms with E-state index in [0.29, 0.717) is 5.11 Å². The van der Waals surface area contributed by atoms with Gasteiger partial charge in [-0.2, -0.15) is 0 Å². The molecule has 0 aliphatic rings. The Hall–Kier alpha value is -0.360. The van der Waals surface area contributed by atoms with Crippen LogP contribution in [0.15, 0.2) is 18.2 Å². The molecule has 2 nitrogen and oxygen atoms in total. The monoisotopic (exact) mass is 292 g/mol. The number of thiocarbonyl (C=S) groups is 1. The normalized spacial score (nSPS) is 9.50. The maximum atomic E-state index is 5.36. The summed E-state index contributed by atoms with van der Waals surface area (Å²) in [5.41, 5.74) is 7.52. The fourth-order valence-corrected chi connectivity index (χ4v) is 1.45. The van der Waals surface area contributed by atoms with Crippen molar-refractivity contribution in [1.82, 2.24) is 0 Å². The summed E-state index contributed by atoms with van der Waals surface area (Å²) in [5, 5.41) is 3.22. The van der Waals surface area contributed by atoms with E-state index in [1.54, 1.807) is 0 Å². The summed E-state index contributed by atoms with van der Waals surface area (Å²) in [6, 6.07) is 6.09. The second-order valence-electron chi connectivity index (χ2n) is 2.47. The minimum Gasteiger partial charge on any atom is -0.376 e. The Bertz CT molecular complexity index is 312. The highest BCUT2D eigenvalue weighted by molar-refractivity contribution is 14.1. The van der Waals surface area contributed by atoms with Gasteiger partial charge in [-0.3, -0.25) is 0 Å². The molecule has 0 aliphatic carbocycles. The lowest BCUT2D eigenvalue weighted by Gasteiger charge is -2.06. The highest BCUT2D eigenvalue weighted by atomic mass is 127. The molecule has 0 saturated heterocycles. The molecule has 0 fully saturated rings. The SMILES string of the molecule is Cc1ccc(I)c(NC(N)=S)c1. The topological polar surface area (TPSA) is 38.0 Å². The Labute approximate surface area is 90.7 Å². The zero-order valence-electron chi connectivity index (χ0n) is 6.60. The third-order valence-corrected chi connectivity index (χ3v) is 2.42. The summed E-state index contributed by atoms with van der Waals surface area (Å²) in [6.07, 6.45) is 0. The van der Waals surface area contributed by atoms with Crippen LogP contribution in [0.25, 0.3) is 0 Å². The van der Waals surface area contributed by atoms with Crippen molar-refractivity contribution >= 4 is 45.6 Å². The van der Waals surface area contributed by atoms with Crippen molar-refractivity contribution in [1.29, 1.82) is 0 Å². The molecule has 0 aromatic heterocycles. The summed E-state index contributed by atoms with van der Waals surface area (Å²) in [7, 11) is 0. The van der Waals surface area contributed by atoms with Crippen molar-refractivity contribution in [2.75, 3.05) is 5.32 Å². The molecule has 1 aromatic carbocycles. The minimum atomic E-state index is 0.304. The standard InChI is InChI=1S/C8H9IN2S/c1-5-2-3-6(9)7(4-5)11-8(10)12/h2-4H,1H3,(H3,10,11,12). The van der Waals surface area contributed by atoms with Gasteiger partial charge in [0, 0.05) is 3.57 Å². The molecule has 0 bridgehead atoms. The Morgan fingerprint density at radius 1 is 1.58 bits per heavy atom. The Kier molecular flexibility index (Phi) is 3.28. The minimum absolute atomic E-state index is 0.304. The highest BCUT2D eigenvalue weighted by Gasteiger charge is 1.98. The van der Waals surface area contributed by atoms with E-state index < -0.39 is 0 Å². The second-order valence-corrected chi connectivity index (χ2v) is 4.07.